The molecule has 1 aliphatic heterocycles. The van der Waals surface area contributed by atoms with E-state index in [-0.39, 0.29) is 5.84 Å². The number of hydrogen-bond donors (Lipinski definition) is 2. The van der Waals surface area contributed by atoms with Gasteiger partial charge in [-0.2, -0.15) is 0 Å². The van der Waals surface area contributed by atoms with Crippen LogP contribution in [0.15, 0.2) is 18.2 Å². The number of hydrogen-bond acceptors (Lipinski definition) is 2. The first-order chi connectivity index (χ1) is 7.66. The van der Waals surface area contributed by atoms with Gasteiger partial charge in [0.25, 0.3) is 0 Å². The standard InChI is InChI=1S/C13H19N3/c1-10-4-5-12-11(9-10)3-2-7-16(12)8-6-13(14)15/h4-5,9H,2-3,6-8H2,1H3,(H3,14,15). The summed E-state index contributed by atoms with van der Waals surface area (Å²) < 4.78 is 0. The number of anilines is 1. The van der Waals surface area contributed by atoms with Crippen molar-refractivity contribution in [3.05, 3.63) is 29.3 Å². The minimum absolute atomic E-state index is 0.277. The maximum absolute atomic E-state index is 7.28. The molecule has 0 saturated heterocycles. The van der Waals surface area contributed by atoms with Crippen molar-refractivity contribution in [3.63, 3.8) is 0 Å². The van der Waals surface area contributed by atoms with E-state index in [0.717, 1.165) is 13.1 Å². The molecule has 3 nitrogen and oxygen atoms in total. The fourth-order valence-electron chi connectivity index (χ4n) is 2.29. The number of rotatable bonds is 3. The molecular formula is C13H19N3. The van der Waals surface area contributed by atoms with E-state index in [1.165, 1.54) is 29.7 Å². The average molecular weight is 217 g/mol. The van der Waals surface area contributed by atoms with Gasteiger partial charge in [0.1, 0.15) is 0 Å². The Morgan fingerprint density at radius 3 is 3.06 bits per heavy atom. The van der Waals surface area contributed by atoms with Crippen molar-refractivity contribution < 1.29 is 0 Å². The zero-order valence-electron chi connectivity index (χ0n) is 9.79. The first kappa shape index (κ1) is 11.0. The van der Waals surface area contributed by atoms with E-state index < -0.39 is 0 Å². The lowest BCUT2D eigenvalue weighted by Gasteiger charge is -2.31. The Bertz CT molecular complexity index is 398. The molecule has 1 aromatic carbocycles. The van der Waals surface area contributed by atoms with Crippen LogP contribution in [0.2, 0.25) is 0 Å². The smallest absolute Gasteiger partial charge is 0.0923 e. The molecule has 0 aromatic heterocycles. The molecule has 0 radical (unpaired) electrons. The van der Waals surface area contributed by atoms with E-state index >= 15 is 0 Å². The maximum atomic E-state index is 7.28. The van der Waals surface area contributed by atoms with Crippen LogP contribution in [0.25, 0.3) is 0 Å². The molecule has 2 rings (SSSR count). The van der Waals surface area contributed by atoms with E-state index in [0.29, 0.717) is 6.42 Å². The van der Waals surface area contributed by atoms with E-state index in [2.05, 4.69) is 30.0 Å². The molecule has 0 aliphatic carbocycles. The Labute approximate surface area is 96.8 Å². The van der Waals surface area contributed by atoms with Crippen LogP contribution in [0.4, 0.5) is 5.69 Å². The number of nitrogens with one attached hydrogen (secondary N) is 1. The van der Waals surface area contributed by atoms with Gasteiger partial charge in [-0.25, -0.2) is 0 Å². The Hall–Kier alpha value is -1.51. The second-order valence-corrected chi connectivity index (χ2v) is 4.50. The molecule has 0 saturated carbocycles. The zero-order chi connectivity index (χ0) is 11.5. The van der Waals surface area contributed by atoms with E-state index in [9.17, 15) is 0 Å². The molecule has 0 bridgehead atoms. The lowest BCUT2D eigenvalue weighted by Crippen LogP contribution is -2.32. The summed E-state index contributed by atoms with van der Waals surface area (Å²) in [5.74, 6) is 0.277. The Balaban J connectivity index is 2.16. The molecule has 1 heterocycles. The topological polar surface area (TPSA) is 53.1 Å². The first-order valence-corrected chi connectivity index (χ1v) is 5.84. The summed E-state index contributed by atoms with van der Waals surface area (Å²) in [4.78, 5) is 2.35. The monoisotopic (exact) mass is 217 g/mol. The molecule has 0 unspecified atom stereocenters. The Kier molecular flexibility index (Phi) is 3.13. The number of amidine groups is 1. The van der Waals surface area contributed by atoms with Crippen molar-refractivity contribution in [3.8, 4) is 0 Å². The molecule has 3 N–H and O–H groups in total. The predicted octanol–water partition coefficient (Wildman–Crippen LogP) is 2.07. The highest BCUT2D eigenvalue weighted by Crippen LogP contribution is 2.27. The van der Waals surface area contributed by atoms with Crippen molar-refractivity contribution >= 4 is 11.5 Å². The molecule has 86 valence electrons. The van der Waals surface area contributed by atoms with Gasteiger partial charge >= 0.3 is 0 Å². The summed E-state index contributed by atoms with van der Waals surface area (Å²) >= 11 is 0. The van der Waals surface area contributed by atoms with Crippen LogP contribution in [-0.2, 0) is 6.42 Å². The van der Waals surface area contributed by atoms with Crippen molar-refractivity contribution in [2.45, 2.75) is 26.2 Å². The number of nitrogens with two attached hydrogens (primary N) is 1. The van der Waals surface area contributed by atoms with Gasteiger partial charge in [0.15, 0.2) is 0 Å². The molecule has 0 fully saturated rings. The van der Waals surface area contributed by atoms with E-state index in [1.54, 1.807) is 0 Å². The van der Waals surface area contributed by atoms with Crippen molar-refractivity contribution in [2.24, 2.45) is 5.73 Å². The van der Waals surface area contributed by atoms with Gasteiger partial charge in [0.2, 0.25) is 0 Å². The predicted molar refractivity (Wildman–Crippen MR) is 68.2 cm³/mol. The van der Waals surface area contributed by atoms with Crippen molar-refractivity contribution in [2.75, 3.05) is 18.0 Å². The van der Waals surface area contributed by atoms with Crippen LogP contribution < -0.4 is 10.6 Å². The van der Waals surface area contributed by atoms with Crippen LogP contribution in [0.1, 0.15) is 24.0 Å². The summed E-state index contributed by atoms with van der Waals surface area (Å²) in [5, 5.41) is 7.28. The van der Waals surface area contributed by atoms with Crippen molar-refractivity contribution in [1.29, 1.82) is 5.41 Å². The largest absolute Gasteiger partial charge is 0.388 e. The zero-order valence-corrected chi connectivity index (χ0v) is 9.79. The highest BCUT2D eigenvalue weighted by atomic mass is 15.1. The quantitative estimate of drug-likeness (QED) is 0.601. The van der Waals surface area contributed by atoms with Crippen molar-refractivity contribution in [1.82, 2.24) is 0 Å². The fraction of sp³-hybridized carbons (Fsp3) is 0.462. The molecule has 1 aliphatic rings. The highest BCUT2D eigenvalue weighted by Gasteiger charge is 2.16. The third-order valence-electron chi connectivity index (χ3n) is 3.10. The van der Waals surface area contributed by atoms with Crippen LogP contribution in [0.3, 0.4) is 0 Å². The normalized spacial score (nSPS) is 14.7. The Morgan fingerprint density at radius 2 is 2.31 bits per heavy atom. The summed E-state index contributed by atoms with van der Waals surface area (Å²) in [6, 6.07) is 6.63. The van der Waals surface area contributed by atoms with Crippen LogP contribution >= 0.6 is 0 Å². The number of nitrogens with zero attached hydrogens (tertiary/aromatic N) is 1. The van der Waals surface area contributed by atoms with Gasteiger partial charge < -0.3 is 10.6 Å². The second-order valence-electron chi connectivity index (χ2n) is 4.50. The van der Waals surface area contributed by atoms with E-state index in [1.807, 2.05) is 0 Å². The summed E-state index contributed by atoms with van der Waals surface area (Å²) in [7, 11) is 0. The van der Waals surface area contributed by atoms with Crippen LogP contribution in [0.5, 0.6) is 0 Å². The Morgan fingerprint density at radius 1 is 1.50 bits per heavy atom. The highest BCUT2D eigenvalue weighted by molar-refractivity contribution is 5.77. The molecule has 3 heteroatoms. The van der Waals surface area contributed by atoms with Gasteiger partial charge in [-0.1, -0.05) is 17.7 Å². The molecule has 1 aromatic rings. The molecule has 0 amide bonds. The second kappa shape index (κ2) is 4.56. The van der Waals surface area contributed by atoms with Crippen LogP contribution in [-0.4, -0.2) is 18.9 Å². The van der Waals surface area contributed by atoms with Crippen LogP contribution in [0, 0.1) is 12.3 Å². The minimum Gasteiger partial charge on any atom is -0.388 e. The third-order valence-corrected chi connectivity index (χ3v) is 3.10. The fourth-order valence-corrected chi connectivity index (χ4v) is 2.29. The SMILES string of the molecule is Cc1ccc2c(c1)CCCN2CCC(=N)N. The first-order valence-electron chi connectivity index (χ1n) is 5.84. The molecule has 0 atom stereocenters. The lowest BCUT2D eigenvalue weighted by molar-refractivity contribution is 0.695. The lowest BCUT2D eigenvalue weighted by atomic mass is 9.99. The summed E-state index contributed by atoms with van der Waals surface area (Å²) in [5.41, 5.74) is 9.51. The third kappa shape index (κ3) is 2.35. The number of fused-ring (bicyclic) bond motifs is 1. The number of benzene rings is 1. The van der Waals surface area contributed by atoms with Gasteiger partial charge in [0.05, 0.1) is 5.84 Å². The van der Waals surface area contributed by atoms with Gasteiger partial charge in [0, 0.05) is 25.2 Å². The summed E-state index contributed by atoms with van der Waals surface area (Å²) in [6.45, 7) is 4.09. The molecule has 0 spiro atoms. The maximum Gasteiger partial charge on any atom is 0.0923 e. The van der Waals surface area contributed by atoms with Gasteiger partial charge in [-0.15, -0.1) is 0 Å². The molecule has 16 heavy (non-hydrogen) atoms. The molecular weight excluding hydrogens is 198 g/mol. The van der Waals surface area contributed by atoms with Gasteiger partial charge in [-0.05, 0) is 31.4 Å². The minimum atomic E-state index is 0.277. The average Bonchev–Trinajstić information content (AvgIpc) is 2.25. The van der Waals surface area contributed by atoms with Gasteiger partial charge in [-0.3, -0.25) is 5.41 Å². The summed E-state index contributed by atoms with van der Waals surface area (Å²) in [6.07, 6.45) is 3.04. The number of aryl methyl sites for hydroxylation is 2. The van der Waals surface area contributed by atoms with E-state index in [4.69, 9.17) is 11.1 Å².